The van der Waals surface area contributed by atoms with E-state index in [4.69, 9.17) is 10.00 Å². The lowest BCUT2D eigenvalue weighted by Gasteiger charge is -2.26. The second-order valence-corrected chi connectivity index (χ2v) is 6.61. The summed E-state index contributed by atoms with van der Waals surface area (Å²) in [6.45, 7) is 2.96. The van der Waals surface area contributed by atoms with Crippen molar-refractivity contribution >= 4 is 0 Å². The first-order chi connectivity index (χ1) is 11.3. The van der Waals surface area contributed by atoms with E-state index >= 15 is 0 Å². The first-order valence-electron chi connectivity index (χ1n) is 9.07. The fourth-order valence-corrected chi connectivity index (χ4v) is 3.22. The molecule has 1 saturated carbocycles. The van der Waals surface area contributed by atoms with Crippen LogP contribution < -0.4 is 0 Å². The minimum Gasteiger partial charge on any atom is -0.374 e. The quantitative estimate of drug-likeness (QED) is 0.464. The predicted octanol–water partition coefficient (Wildman–Crippen LogP) is 5.57. The van der Waals surface area contributed by atoms with Gasteiger partial charge < -0.3 is 4.74 Å². The summed E-state index contributed by atoms with van der Waals surface area (Å²) in [5.74, 6) is 0.567. The van der Waals surface area contributed by atoms with E-state index in [1.165, 1.54) is 36.8 Å². The lowest BCUT2D eigenvalue weighted by atomic mass is 9.87. The molecule has 2 nitrogen and oxygen atoms in total. The first-order valence-corrected chi connectivity index (χ1v) is 9.07. The minimum absolute atomic E-state index is 0.381. The fourth-order valence-electron chi connectivity index (χ4n) is 3.22. The average molecular weight is 311 g/mol. The second kappa shape index (κ2) is 10.2. The third kappa shape index (κ3) is 6.59. The number of hydrogen-bond acceptors (Lipinski definition) is 2. The van der Waals surface area contributed by atoms with E-state index in [1.807, 2.05) is 6.08 Å². The van der Waals surface area contributed by atoms with Crippen molar-refractivity contribution in [1.29, 1.82) is 5.26 Å². The smallest absolute Gasteiger partial charge is 0.0908 e. The minimum atomic E-state index is 0.381. The number of hydrogen-bond donors (Lipinski definition) is 0. The zero-order valence-electron chi connectivity index (χ0n) is 14.3. The Balaban J connectivity index is 1.68. The van der Waals surface area contributed by atoms with Gasteiger partial charge in [-0.1, -0.05) is 50.1 Å². The molecular formula is C21H29NO. The van der Waals surface area contributed by atoms with E-state index in [9.17, 15) is 0 Å². The highest BCUT2D eigenvalue weighted by molar-refractivity contribution is 5.22. The molecule has 124 valence electrons. The maximum atomic E-state index is 8.58. The van der Waals surface area contributed by atoms with E-state index in [1.54, 1.807) is 6.08 Å². The zero-order valence-corrected chi connectivity index (χ0v) is 14.3. The van der Waals surface area contributed by atoms with Gasteiger partial charge in [-0.3, -0.25) is 0 Å². The highest BCUT2D eigenvalue weighted by Crippen LogP contribution is 2.27. The topological polar surface area (TPSA) is 33.0 Å². The van der Waals surface area contributed by atoms with Crippen LogP contribution in [-0.4, -0.2) is 6.10 Å². The molecule has 0 N–H and O–H groups in total. The number of allylic oxidation sites excluding steroid dienone is 2. The van der Waals surface area contributed by atoms with Crippen molar-refractivity contribution < 1.29 is 4.74 Å². The molecule has 1 fully saturated rings. The van der Waals surface area contributed by atoms with E-state index in [0.29, 0.717) is 12.0 Å². The Hall–Kier alpha value is -1.59. The van der Waals surface area contributed by atoms with Gasteiger partial charge in [0.2, 0.25) is 0 Å². The van der Waals surface area contributed by atoms with Crippen LogP contribution in [-0.2, 0) is 17.8 Å². The zero-order chi connectivity index (χ0) is 16.3. The van der Waals surface area contributed by atoms with E-state index in [0.717, 1.165) is 32.3 Å². The van der Waals surface area contributed by atoms with Crippen LogP contribution in [0.1, 0.15) is 63.0 Å². The highest BCUT2D eigenvalue weighted by Gasteiger charge is 2.19. The number of unbranched alkanes of at least 4 members (excludes halogenated alkanes) is 2. The third-order valence-corrected chi connectivity index (χ3v) is 4.74. The van der Waals surface area contributed by atoms with Crippen molar-refractivity contribution in [2.75, 3.05) is 0 Å². The molecule has 0 atom stereocenters. The van der Waals surface area contributed by atoms with Gasteiger partial charge in [-0.25, -0.2) is 0 Å². The van der Waals surface area contributed by atoms with Gasteiger partial charge in [0.05, 0.1) is 18.8 Å². The van der Waals surface area contributed by atoms with Crippen LogP contribution in [0.25, 0.3) is 0 Å². The fraction of sp³-hybridized carbons (Fsp3) is 0.571. The Kier molecular flexibility index (Phi) is 7.90. The molecule has 0 heterocycles. The van der Waals surface area contributed by atoms with Crippen LogP contribution >= 0.6 is 0 Å². The first kappa shape index (κ1) is 17.8. The Morgan fingerprint density at radius 3 is 2.43 bits per heavy atom. The number of benzene rings is 1. The maximum Gasteiger partial charge on any atom is 0.0908 e. The van der Waals surface area contributed by atoms with Crippen molar-refractivity contribution in [3.05, 3.63) is 47.5 Å². The molecule has 1 aliphatic carbocycles. The van der Waals surface area contributed by atoms with Crippen molar-refractivity contribution in [3.63, 3.8) is 0 Å². The van der Waals surface area contributed by atoms with Crippen molar-refractivity contribution in [2.24, 2.45) is 5.92 Å². The van der Waals surface area contributed by atoms with Crippen LogP contribution in [0.15, 0.2) is 36.4 Å². The molecule has 1 aliphatic rings. The molecule has 0 saturated heterocycles. The molecule has 0 aliphatic heterocycles. The van der Waals surface area contributed by atoms with Crippen LogP contribution in [0.2, 0.25) is 0 Å². The lowest BCUT2D eigenvalue weighted by molar-refractivity contribution is 0.0110. The van der Waals surface area contributed by atoms with Gasteiger partial charge >= 0.3 is 0 Å². The molecule has 0 bridgehead atoms. The average Bonchev–Trinajstić information content (AvgIpc) is 2.60. The van der Waals surface area contributed by atoms with Gasteiger partial charge in [0.1, 0.15) is 0 Å². The summed E-state index contributed by atoms with van der Waals surface area (Å²) >= 11 is 0. The standard InChI is InChI=1S/C21H29NO/c1-2-3-4-6-18-8-10-20(11-9-18)17-23-21-14-12-19(13-15-21)7-5-16-22/h5,7-11,19,21H,2-4,6,12-15,17H2,1H3/t19-,21-. The normalized spacial score (nSPS) is 21.4. The van der Waals surface area contributed by atoms with E-state index in [-0.39, 0.29) is 0 Å². The van der Waals surface area contributed by atoms with Gasteiger partial charge in [0.15, 0.2) is 0 Å². The number of rotatable bonds is 8. The summed E-state index contributed by atoms with van der Waals surface area (Å²) in [4.78, 5) is 0. The van der Waals surface area contributed by atoms with Crippen LogP contribution in [0.5, 0.6) is 0 Å². The van der Waals surface area contributed by atoms with Crippen molar-refractivity contribution in [3.8, 4) is 6.07 Å². The number of aryl methyl sites for hydroxylation is 1. The number of nitriles is 1. The molecule has 1 aromatic carbocycles. The third-order valence-electron chi connectivity index (χ3n) is 4.74. The predicted molar refractivity (Wildman–Crippen MR) is 95.0 cm³/mol. The molecule has 23 heavy (non-hydrogen) atoms. The lowest BCUT2D eigenvalue weighted by Crippen LogP contribution is -2.20. The molecule has 2 rings (SSSR count). The van der Waals surface area contributed by atoms with Crippen LogP contribution in [0.4, 0.5) is 0 Å². The summed E-state index contributed by atoms with van der Waals surface area (Å²) in [6.07, 6.45) is 13.6. The Bertz CT molecular complexity index is 504. The number of nitrogens with zero attached hydrogens (tertiary/aromatic N) is 1. The summed E-state index contributed by atoms with van der Waals surface area (Å²) in [7, 11) is 0. The van der Waals surface area contributed by atoms with Gasteiger partial charge in [0.25, 0.3) is 0 Å². The van der Waals surface area contributed by atoms with Crippen molar-refractivity contribution in [1.82, 2.24) is 0 Å². The van der Waals surface area contributed by atoms with Crippen LogP contribution in [0.3, 0.4) is 0 Å². The van der Waals surface area contributed by atoms with Crippen LogP contribution in [0, 0.1) is 17.2 Å². The molecule has 0 radical (unpaired) electrons. The Morgan fingerprint density at radius 1 is 1.09 bits per heavy atom. The summed E-state index contributed by atoms with van der Waals surface area (Å²) in [6, 6.07) is 11.0. The highest BCUT2D eigenvalue weighted by atomic mass is 16.5. The summed E-state index contributed by atoms with van der Waals surface area (Å²) < 4.78 is 6.07. The summed E-state index contributed by atoms with van der Waals surface area (Å²) in [5, 5.41) is 8.58. The molecule has 0 spiro atoms. The monoisotopic (exact) mass is 311 g/mol. The van der Waals surface area contributed by atoms with Crippen molar-refractivity contribution in [2.45, 2.75) is 71.0 Å². The second-order valence-electron chi connectivity index (χ2n) is 6.61. The molecule has 2 heteroatoms. The van der Waals surface area contributed by atoms with Gasteiger partial charge in [-0.2, -0.15) is 5.26 Å². The van der Waals surface area contributed by atoms with Gasteiger partial charge in [0, 0.05) is 6.08 Å². The van der Waals surface area contributed by atoms with Gasteiger partial charge in [-0.15, -0.1) is 0 Å². The molecule has 1 aromatic rings. The molecular weight excluding hydrogens is 282 g/mol. The van der Waals surface area contributed by atoms with E-state index < -0.39 is 0 Å². The van der Waals surface area contributed by atoms with E-state index in [2.05, 4.69) is 37.3 Å². The molecule has 0 unspecified atom stereocenters. The SMILES string of the molecule is CCCCCc1ccc(CO[C@H]2CC[C@H](C=CC#N)CC2)cc1. The molecule has 0 aromatic heterocycles. The Morgan fingerprint density at radius 2 is 1.78 bits per heavy atom. The number of ether oxygens (including phenoxy) is 1. The van der Waals surface area contributed by atoms with Gasteiger partial charge in [-0.05, 0) is 55.6 Å². The summed E-state index contributed by atoms with van der Waals surface area (Å²) in [5.41, 5.74) is 2.71. The Labute approximate surface area is 141 Å². The molecule has 0 amide bonds. The maximum absolute atomic E-state index is 8.58. The largest absolute Gasteiger partial charge is 0.374 e.